The fourth-order valence-corrected chi connectivity index (χ4v) is 3.93. The summed E-state index contributed by atoms with van der Waals surface area (Å²) in [6.45, 7) is 1.98. The summed E-state index contributed by atoms with van der Waals surface area (Å²) < 4.78 is 26.9. The maximum absolute atomic E-state index is 12.1. The molecular formula is C11H11ClN2O2S2. The molecule has 0 radical (unpaired) electrons. The molecule has 1 N–H and O–H groups in total. The quantitative estimate of drug-likeness (QED) is 0.883. The van der Waals surface area contributed by atoms with Crippen molar-refractivity contribution in [3.8, 4) is 0 Å². The zero-order valence-electron chi connectivity index (χ0n) is 9.55. The number of anilines is 1. The number of hydrogen-bond acceptors (Lipinski definition) is 4. The Kier molecular flexibility index (Phi) is 3.89. The van der Waals surface area contributed by atoms with Gasteiger partial charge in [0.25, 0.3) is 10.0 Å². The average molecular weight is 303 g/mol. The third-order valence-corrected chi connectivity index (χ3v) is 5.64. The van der Waals surface area contributed by atoms with Gasteiger partial charge in [-0.05, 0) is 30.7 Å². The molecule has 0 saturated heterocycles. The number of nitrogens with zero attached hydrogens (tertiary/aromatic N) is 1. The van der Waals surface area contributed by atoms with Crippen LogP contribution in [0.3, 0.4) is 0 Å². The molecule has 96 valence electrons. The Hall–Kier alpha value is -1.11. The average Bonchev–Trinajstić information content (AvgIpc) is 2.81. The Morgan fingerprint density at radius 3 is 2.78 bits per heavy atom. The molecule has 2 aromatic heterocycles. The van der Waals surface area contributed by atoms with E-state index in [0.717, 1.165) is 11.3 Å². The van der Waals surface area contributed by atoms with Crippen molar-refractivity contribution in [2.75, 3.05) is 4.72 Å². The van der Waals surface area contributed by atoms with Gasteiger partial charge in [-0.25, -0.2) is 13.4 Å². The van der Waals surface area contributed by atoms with Crippen LogP contribution in [0.4, 0.5) is 5.69 Å². The molecule has 7 heteroatoms. The van der Waals surface area contributed by atoms with E-state index in [-0.39, 0.29) is 15.0 Å². The Labute approximate surface area is 115 Å². The zero-order valence-corrected chi connectivity index (χ0v) is 11.9. The molecule has 4 nitrogen and oxygen atoms in total. The van der Waals surface area contributed by atoms with Gasteiger partial charge in [-0.1, -0.05) is 18.5 Å². The number of pyridine rings is 1. The summed E-state index contributed by atoms with van der Waals surface area (Å²) >= 11 is 7.07. The minimum absolute atomic E-state index is 0.133. The van der Waals surface area contributed by atoms with Crippen LogP contribution in [0.1, 0.15) is 11.8 Å². The highest BCUT2D eigenvalue weighted by atomic mass is 35.5. The van der Waals surface area contributed by atoms with E-state index in [2.05, 4.69) is 9.71 Å². The van der Waals surface area contributed by atoms with Crippen molar-refractivity contribution < 1.29 is 8.42 Å². The van der Waals surface area contributed by atoms with Gasteiger partial charge in [-0.3, -0.25) is 4.72 Å². The Morgan fingerprint density at radius 2 is 2.17 bits per heavy atom. The molecule has 0 aliphatic heterocycles. The summed E-state index contributed by atoms with van der Waals surface area (Å²) in [5, 5.41) is 0.133. The van der Waals surface area contributed by atoms with Crippen molar-refractivity contribution in [2.24, 2.45) is 0 Å². The number of aryl methyl sites for hydroxylation is 1. The van der Waals surface area contributed by atoms with Gasteiger partial charge in [0, 0.05) is 11.1 Å². The molecule has 0 spiro atoms. The maximum atomic E-state index is 12.1. The van der Waals surface area contributed by atoms with Gasteiger partial charge in [-0.2, -0.15) is 0 Å². The topological polar surface area (TPSA) is 59.1 Å². The Bertz CT molecular complexity index is 653. The molecule has 0 fully saturated rings. The summed E-state index contributed by atoms with van der Waals surface area (Å²) in [5.74, 6) is 0. The van der Waals surface area contributed by atoms with Crippen LogP contribution in [0.2, 0.25) is 5.15 Å². The van der Waals surface area contributed by atoms with E-state index < -0.39 is 10.0 Å². The number of halogens is 1. The molecule has 18 heavy (non-hydrogen) atoms. The standard InChI is InChI=1S/C11H11ClN2O2S2/c1-2-8-5-6-10(17-8)18(15,16)14-9-4-3-7-13-11(9)12/h3-7,14H,2H2,1H3. The first-order chi connectivity index (χ1) is 8.53. The predicted molar refractivity (Wildman–Crippen MR) is 73.8 cm³/mol. The van der Waals surface area contributed by atoms with Crippen LogP contribution < -0.4 is 4.72 Å². The minimum Gasteiger partial charge on any atom is -0.276 e. The molecule has 0 unspecified atom stereocenters. The summed E-state index contributed by atoms with van der Waals surface area (Å²) in [4.78, 5) is 4.84. The van der Waals surface area contributed by atoms with Gasteiger partial charge in [0.15, 0.2) is 5.15 Å². The lowest BCUT2D eigenvalue weighted by Gasteiger charge is -2.06. The van der Waals surface area contributed by atoms with E-state index in [9.17, 15) is 8.42 Å². The normalized spacial score (nSPS) is 11.4. The van der Waals surface area contributed by atoms with Crippen molar-refractivity contribution in [3.05, 3.63) is 40.5 Å². The molecular weight excluding hydrogens is 292 g/mol. The minimum atomic E-state index is -3.58. The van der Waals surface area contributed by atoms with Crippen molar-refractivity contribution >= 4 is 38.6 Å². The monoisotopic (exact) mass is 302 g/mol. The number of thiophene rings is 1. The van der Waals surface area contributed by atoms with Crippen molar-refractivity contribution in [3.63, 3.8) is 0 Å². The zero-order chi connectivity index (χ0) is 13.2. The largest absolute Gasteiger partial charge is 0.276 e. The highest BCUT2D eigenvalue weighted by Crippen LogP contribution is 2.26. The molecule has 2 heterocycles. The molecule has 0 saturated carbocycles. The second kappa shape index (κ2) is 5.26. The Balaban J connectivity index is 2.30. The van der Waals surface area contributed by atoms with Crippen LogP contribution in [-0.2, 0) is 16.4 Å². The van der Waals surface area contributed by atoms with E-state index in [0.29, 0.717) is 0 Å². The van der Waals surface area contributed by atoms with E-state index in [1.165, 1.54) is 17.5 Å². The van der Waals surface area contributed by atoms with Gasteiger partial charge in [0.05, 0.1) is 5.69 Å². The number of nitrogens with one attached hydrogen (secondary N) is 1. The molecule has 2 rings (SSSR count). The SMILES string of the molecule is CCc1ccc(S(=O)(=O)Nc2cccnc2Cl)s1. The molecule has 0 bridgehead atoms. The first-order valence-corrected chi connectivity index (χ1v) is 7.92. The van der Waals surface area contributed by atoms with Crippen molar-refractivity contribution in [1.29, 1.82) is 0 Å². The van der Waals surface area contributed by atoms with Crippen LogP contribution >= 0.6 is 22.9 Å². The maximum Gasteiger partial charge on any atom is 0.271 e. The predicted octanol–water partition coefficient (Wildman–Crippen LogP) is 3.16. The molecule has 0 aliphatic rings. The fourth-order valence-electron chi connectivity index (χ4n) is 1.35. The molecule has 0 aromatic carbocycles. The first-order valence-electron chi connectivity index (χ1n) is 5.25. The first kappa shape index (κ1) is 13.3. The summed E-state index contributed by atoms with van der Waals surface area (Å²) in [6.07, 6.45) is 2.31. The number of sulfonamides is 1. The van der Waals surface area contributed by atoms with Crippen LogP contribution in [0.25, 0.3) is 0 Å². The van der Waals surface area contributed by atoms with Crippen molar-refractivity contribution in [1.82, 2.24) is 4.98 Å². The van der Waals surface area contributed by atoms with Gasteiger partial charge < -0.3 is 0 Å². The van der Waals surface area contributed by atoms with E-state index in [4.69, 9.17) is 11.6 Å². The molecule has 0 amide bonds. The smallest absolute Gasteiger partial charge is 0.271 e. The van der Waals surface area contributed by atoms with Crippen molar-refractivity contribution in [2.45, 2.75) is 17.6 Å². The van der Waals surface area contributed by atoms with Gasteiger partial charge in [0.1, 0.15) is 4.21 Å². The lowest BCUT2D eigenvalue weighted by molar-refractivity contribution is 0.603. The van der Waals surface area contributed by atoms with Crippen LogP contribution in [0, 0.1) is 0 Å². The van der Waals surface area contributed by atoms with Crippen LogP contribution in [-0.4, -0.2) is 13.4 Å². The van der Waals surface area contributed by atoms with Crippen LogP contribution in [0.5, 0.6) is 0 Å². The second-order valence-electron chi connectivity index (χ2n) is 3.52. The number of aromatic nitrogens is 1. The fraction of sp³-hybridized carbons (Fsp3) is 0.182. The lowest BCUT2D eigenvalue weighted by Crippen LogP contribution is -2.11. The molecule has 0 aliphatic carbocycles. The van der Waals surface area contributed by atoms with E-state index in [1.54, 1.807) is 18.2 Å². The third-order valence-electron chi connectivity index (χ3n) is 2.25. The summed E-state index contributed by atoms with van der Waals surface area (Å²) in [7, 11) is -3.58. The summed E-state index contributed by atoms with van der Waals surface area (Å²) in [6, 6.07) is 6.59. The molecule has 0 atom stereocenters. The van der Waals surface area contributed by atoms with E-state index >= 15 is 0 Å². The van der Waals surface area contributed by atoms with Gasteiger partial charge >= 0.3 is 0 Å². The second-order valence-corrected chi connectivity index (χ2v) is 6.96. The van der Waals surface area contributed by atoms with E-state index in [1.807, 2.05) is 13.0 Å². The van der Waals surface area contributed by atoms with Crippen LogP contribution in [0.15, 0.2) is 34.7 Å². The highest BCUT2D eigenvalue weighted by molar-refractivity contribution is 7.94. The highest BCUT2D eigenvalue weighted by Gasteiger charge is 2.18. The van der Waals surface area contributed by atoms with Gasteiger partial charge in [0.2, 0.25) is 0 Å². The summed E-state index contributed by atoms with van der Waals surface area (Å²) in [5.41, 5.74) is 0.283. The number of hydrogen-bond donors (Lipinski definition) is 1. The molecule has 2 aromatic rings. The number of rotatable bonds is 4. The Morgan fingerprint density at radius 1 is 1.39 bits per heavy atom. The lowest BCUT2D eigenvalue weighted by atomic mass is 10.4. The third kappa shape index (κ3) is 2.82. The van der Waals surface area contributed by atoms with Gasteiger partial charge in [-0.15, -0.1) is 11.3 Å².